The van der Waals surface area contributed by atoms with E-state index in [0.717, 1.165) is 0 Å². The number of allylic oxidation sites excluding steroid dienone is 2. The highest BCUT2D eigenvalue weighted by molar-refractivity contribution is 4.81. The average Bonchev–Trinajstić information content (AvgIpc) is 2.74. The van der Waals surface area contributed by atoms with Gasteiger partial charge in [-0.25, -0.2) is 0 Å². The molecular formula is C29H58. The second kappa shape index (κ2) is 27.7. The molecule has 0 spiro atoms. The van der Waals surface area contributed by atoms with Crippen LogP contribution in [0.2, 0.25) is 0 Å². The van der Waals surface area contributed by atoms with Gasteiger partial charge in [-0.3, -0.25) is 0 Å². The van der Waals surface area contributed by atoms with E-state index in [4.69, 9.17) is 0 Å². The average molecular weight is 407 g/mol. The molecule has 0 aliphatic carbocycles. The molecule has 0 aromatic heterocycles. The Morgan fingerprint density at radius 1 is 0.276 bits per heavy atom. The second-order valence-corrected chi connectivity index (χ2v) is 9.47. The maximum atomic E-state index is 2.43. The molecule has 0 rings (SSSR count). The molecule has 0 N–H and O–H groups in total. The van der Waals surface area contributed by atoms with E-state index in [0.29, 0.717) is 0 Å². The standard InChI is InChI=1S/C29H58/c1-3-5-7-9-11-13-15-17-19-21-23-25-27-29-28-26-24-22-20-18-16-14-12-10-8-6-4-2/h13,15H,3-12,14,16-29H2,1-2H3/b15-13-. The summed E-state index contributed by atoms with van der Waals surface area (Å²) in [5, 5.41) is 0. The molecule has 0 amide bonds. The zero-order valence-electron chi connectivity index (χ0n) is 20.8. The fourth-order valence-corrected chi connectivity index (χ4v) is 4.27. The lowest BCUT2D eigenvalue weighted by molar-refractivity contribution is 0.523. The molecule has 0 nitrogen and oxygen atoms in total. The summed E-state index contributed by atoms with van der Waals surface area (Å²) in [7, 11) is 0. The van der Waals surface area contributed by atoms with Crippen LogP contribution in [0.4, 0.5) is 0 Å². The minimum atomic E-state index is 1.30. The fourth-order valence-electron chi connectivity index (χ4n) is 4.27. The Bertz CT molecular complexity index is 290. The zero-order valence-corrected chi connectivity index (χ0v) is 20.8. The minimum absolute atomic E-state index is 1.30. The first-order chi connectivity index (χ1) is 14.4. The molecule has 0 fully saturated rings. The van der Waals surface area contributed by atoms with Gasteiger partial charge in [0.2, 0.25) is 0 Å². The van der Waals surface area contributed by atoms with Crippen LogP contribution in [0.25, 0.3) is 0 Å². The SMILES string of the molecule is CCCCCC/C=C\CCCCCCCCCCCCCCCCCCCCC. The maximum absolute atomic E-state index is 2.43. The van der Waals surface area contributed by atoms with Gasteiger partial charge in [0.05, 0.1) is 0 Å². The van der Waals surface area contributed by atoms with Crippen LogP contribution in [0.1, 0.15) is 174 Å². The van der Waals surface area contributed by atoms with Gasteiger partial charge in [0.15, 0.2) is 0 Å². The monoisotopic (exact) mass is 406 g/mol. The Kier molecular flexibility index (Phi) is 27.5. The molecule has 0 heterocycles. The van der Waals surface area contributed by atoms with E-state index >= 15 is 0 Å². The van der Waals surface area contributed by atoms with Crippen molar-refractivity contribution in [2.75, 3.05) is 0 Å². The zero-order chi connectivity index (χ0) is 21.1. The smallest absolute Gasteiger partial charge is 0.0351 e. The highest BCUT2D eigenvalue weighted by Gasteiger charge is 1.95. The van der Waals surface area contributed by atoms with Gasteiger partial charge < -0.3 is 0 Å². The lowest BCUT2D eigenvalue weighted by Crippen LogP contribution is -1.84. The summed E-state index contributed by atoms with van der Waals surface area (Å²) >= 11 is 0. The quantitative estimate of drug-likeness (QED) is 0.104. The topological polar surface area (TPSA) is 0 Å². The van der Waals surface area contributed by atoms with E-state index < -0.39 is 0 Å². The molecule has 0 aromatic carbocycles. The van der Waals surface area contributed by atoms with E-state index in [-0.39, 0.29) is 0 Å². The van der Waals surface area contributed by atoms with Crippen LogP contribution in [0.5, 0.6) is 0 Å². The van der Waals surface area contributed by atoms with Crippen molar-refractivity contribution >= 4 is 0 Å². The molecule has 0 bridgehead atoms. The summed E-state index contributed by atoms with van der Waals surface area (Å²) in [6, 6.07) is 0. The Balaban J connectivity index is 3.02. The van der Waals surface area contributed by atoms with Crippen molar-refractivity contribution in [3.63, 3.8) is 0 Å². The summed E-state index contributed by atoms with van der Waals surface area (Å²) in [5.74, 6) is 0. The summed E-state index contributed by atoms with van der Waals surface area (Å²) in [6.45, 7) is 4.59. The van der Waals surface area contributed by atoms with Crippen molar-refractivity contribution in [2.24, 2.45) is 0 Å². The first kappa shape index (κ1) is 28.7. The third kappa shape index (κ3) is 27.7. The van der Waals surface area contributed by atoms with Gasteiger partial charge >= 0.3 is 0 Å². The normalized spacial score (nSPS) is 11.7. The summed E-state index contributed by atoms with van der Waals surface area (Å²) in [5.41, 5.74) is 0. The highest BCUT2D eigenvalue weighted by atomic mass is 14.0. The van der Waals surface area contributed by atoms with Crippen LogP contribution in [-0.4, -0.2) is 0 Å². The third-order valence-corrected chi connectivity index (χ3v) is 6.37. The van der Waals surface area contributed by atoms with Gasteiger partial charge in [0.25, 0.3) is 0 Å². The van der Waals surface area contributed by atoms with Crippen molar-refractivity contribution in [1.82, 2.24) is 0 Å². The van der Waals surface area contributed by atoms with Gasteiger partial charge in [-0.15, -0.1) is 0 Å². The Hall–Kier alpha value is -0.260. The predicted molar refractivity (Wildman–Crippen MR) is 136 cm³/mol. The van der Waals surface area contributed by atoms with Crippen LogP contribution in [-0.2, 0) is 0 Å². The fraction of sp³-hybridized carbons (Fsp3) is 0.931. The van der Waals surface area contributed by atoms with E-state index in [1.54, 1.807) is 0 Å². The molecule has 0 saturated carbocycles. The minimum Gasteiger partial charge on any atom is -0.0885 e. The van der Waals surface area contributed by atoms with Gasteiger partial charge in [-0.1, -0.05) is 161 Å². The van der Waals surface area contributed by atoms with Gasteiger partial charge in [-0.05, 0) is 25.7 Å². The third-order valence-electron chi connectivity index (χ3n) is 6.37. The van der Waals surface area contributed by atoms with Gasteiger partial charge in [0.1, 0.15) is 0 Å². The predicted octanol–water partition coefficient (Wildman–Crippen LogP) is 11.3. The largest absolute Gasteiger partial charge is 0.0885 e. The highest BCUT2D eigenvalue weighted by Crippen LogP contribution is 2.15. The van der Waals surface area contributed by atoms with Crippen molar-refractivity contribution in [3.05, 3.63) is 12.2 Å². The lowest BCUT2D eigenvalue weighted by atomic mass is 10.0. The van der Waals surface area contributed by atoms with Crippen LogP contribution in [0.3, 0.4) is 0 Å². The molecule has 0 unspecified atom stereocenters. The molecule has 0 heteroatoms. The molecule has 0 aromatic rings. The molecule has 29 heavy (non-hydrogen) atoms. The Labute approximate surface area is 186 Å². The van der Waals surface area contributed by atoms with E-state index in [2.05, 4.69) is 26.0 Å². The number of rotatable bonds is 25. The molecule has 0 aliphatic rings. The number of hydrogen-bond acceptors (Lipinski definition) is 0. The maximum Gasteiger partial charge on any atom is -0.0351 e. The van der Waals surface area contributed by atoms with E-state index in [1.807, 2.05) is 0 Å². The van der Waals surface area contributed by atoms with Crippen molar-refractivity contribution in [1.29, 1.82) is 0 Å². The van der Waals surface area contributed by atoms with Crippen molar-refractivity contribution < 1.29 is 0 Å². The lowest BCUT2D eigenvalue weighted by Gasteiger charge is -2.03. The Morgan fingerprint density at radius 2 is 0.483 bits per heavy atom. The number of hydrogen-bond donors (Lipinski definition) is 0. The molecule has 0 atom stereocenters. The van der Waals surface area contributed by atoms with Gasteiger partial charge in [0, 0.05) is 0 Å². The summed E-state index contributed by atoms with van der Waals surface area (Å²) < 4.78 is 0. The van der Waals surface area contributed by atoms with Crippen molar-refractivity contribution in [2.45, 2.75) is 174 Å². The molecule has 0 radical (unpaired) electrons. The first-order valence-electron chi connectivity index (χ1n) is 14.1. The van der Waals surface area contributed by atoms with Gasteiger partial charge in [-0.2, -0.15) is 0 Å². The second-order valence-electron chi connectivity index (χ2n) is 9.47. The molecular weight excluding hydrogens is 348 g/mol. The van der Waals surface area contributed by atoms with E-state index in [9.17, 15) is 0 Å². The van der Waals surface area contributed by atoms with Crippen LogP contribution in [0, 0.1) is 0 Å². The Morgan fingerprint density at radius 3 is 0.759 bits per heavy atom. The summed E-state index contributed by atoms with van der Waals surface area (Å²) in [4.78, 5) is 0. The molecule has 174 valence electrons. The van der Waals surface area contributed by atoms with Crippen LogP contribution >= 0.6 is 0 Å². The number of unbranched alkanes of at least 4 members (excludes halogenated alkanes) is 23. The summed E-state index contributed by atoms with van der Waals surface area (Å²) in [6.07, 6.45) is 40.9. The van der Waals surface area contributed by atoms with Crippen LogP contribution in [0.15, 0.2) is 12.2 Å². The first-order valence-corrected chi connectivity index (χ1v) is 14.1. The van der Waals surface area contributed by atoms with Crippen molar-refractivity contribution in [3.8, 4) is 0 Å². The van der Waals surface area contributed by atoms with Crippen LogP contribution < -0.4 is 0 Å². The molecule has 0 aliphatic heterocycles. The molecule has 0 saturated heterocycles. The van der Waals surface area contributed by atoms with E-state index in [1.165, 1.54) is 161 Å².